The normalized spacial score (nSPS) is 22.0. The molecule has 1 aromatic heterocycles. The number of aliphatic carboxylic acids is 1. The number of carbonyl (C=O) groups is 2. The minimum Gasteiger partial charge on any atom is -0.481 e. The Morgan fingerprint density at radius 1 is 1.25 bits per heavy atom. The average molecular weight is 385 g/mol. The first kappa shape index (κ1) is 18.7. The molecule has 0 radical (unpaired) electrons. The number of hydrogen-bond acceptors (Lipinski definition) is 3. The number of aromatic nitrogens is 2. The van der Waals surface area contributed by atoms with Crippen LogP contribution >= 0.6 is 0 Å². The van der Waals surface area contributed by atoms with Crippen molar-refractivity contribution in [1.29, 1.82) is 0 Å². The maximum atomic E-state index is 13.7. The van der Waals surface area contributed by atoms with Crippen molar-refractivity contribution in [2.45, 2.75) is 39.0 Å². The van der Waals surface area contributed by atoms with Gasteiger partial charge in [0.15, 0.2) is 5.69 Å². The van der Waals surface area contributed by atoms with E-state index < -0.39 is 11.9 Å². The van der Waals surface area contributed by atoms with Gasteiger partial charge in [-0.05, 0) is 56.2 Å². The molecule has 2 atom stereocenters. The van der Waals surface area contributed by atoms with Crippen molar-refractivity contribution in [3.05, 3.63) is 47.0 Å². The Hall–Kier alpha value is -2.70. The van der Waals surface area contributed by atoms with E-state index in [1.165, 1.54) is 12.1 Å². The molecule has 6 nitrogen and oxygen atoms in total. The Morgan fingerprint density at radius 3 is 2.75 bits per heavy atom. The zero-order chi connectivity index (χ0) is 19.8. The van der Waals surface area contributed by atoms with E-state index in [4.69, 9.17) is 0 Å². The fourth-order valence-corrected chi connectivity index (χ4v) is 4.44. The van der Waals surface area contributed by atoms with Gasteiger partial charge in [-0.25, -0.2) is 9.07 Å². The number of fused-ring (bicyclic) bond motifs is 1. The van der Waals surface area contributed by atoms with Gasteiger partial charge in [-0.1, -0.05) is 13.0 Å². The van der Waals surface area contributed by atoms with E-state index in [1.54, 1.807) is 21.7 Å². The molecular weight excluding hydrogens is 361 g/mol. The van der Waals surface area contributed by atoms with Gasteiger partial charge < -0.3 is 10.0 Å². The van der Waals surface area contributed by atoms with Crippen LogP contribution in [0.4, 0.5) is 4.39 Å². The number of halogens is 1. The van der Waals surface area contributed by atoms with Crippen molar-refractivity contribution >= 4 is 11.9 Å². The van der Waals surface area contributed by atoms with Crippen LogP contribution in [0.2, 0.25) is 0 Å². The number of benzene rings is 1. The second kappa shape index (κ2) is 7.37. The minimum absolute atomic E-state index is 0.101. The molecule has 7 heteroatoms. The van der Waals surface area contributed by atoms with Crippen molar-refractivity contribution in [2.75, 3.05) is 13.1 Å². The molecule has 2 aromatic rings. The van der Waals surface area contributed by atoms with E-state index in [-0.39, 0.29) is 17.6 Å². The van der Waals surface area contributed by atoms with E-state index >= 15 is 0 Å². The van der Waals surface area contributed by atoms with Crippen LogP contribution in [-0.2, 0) is 17.6 Å². The van der Waals surface area contributed by atoms with Crippen LogP contribution in [0.25, 0.3) is 5.69 Å². The van der Waals surface area contributed by atoms with Gasteiger partial charge in [0.25, 0.3) is 5.91 Å². The molecule has 0 spiro atoms. The summed E-state index contributed by atoms with van der Waals surface area (Å²) in [5.74, 6) is -1.80. The van der Waals surface area contributed by atoms with E-state index in [9.17, 15) is 19.1 Å². The lowest BCUT2D eigenvalue weighted by Gasteiger charge is -2.34. The lowest BCUT2D eigenvalue weighted by atomic mass is 9.86. The summed E-state index contributed by atoms with van der Waals surface area (Å²) in [5, 5.41) is 13.9. The molecule has 148 valence electrons. The Bertz CT molecular complexity index is 924. The molecule has 1 aromatic carbocycles. The molecule has 4 rings (SSSR count). The highest BCUT2D eigenvalue weighted by Crippen LogP contribution is 2.30. The van der Waals surface area contributed by atoms with E-state index in [1.807, 2.05) is 6.92 Å². The molecule has 1 aliphatic heterocycles. The predicted octanol–water partition coefficient (Wildman–Crippen LogP) is 3.07. The number of nitrogens with zero attached hydrogens (tertiary/aromatic N) is 3. The van der Waals surface area contributed by atoms with Gasteiger partial charge in [0.05, 0.1) is 11.6 Å². The maximum absolute atomic E-state index is 13.7. The van der Waals surface area contributed by atoms with Crippen molar-refractivity contribution in [3.63, 3.8) is 0 Å². The largest absolute Gasteiger partial charge is 0.481 e. The minimum atomic E-state index is -0.799. The number of rotatable bonds is 3. The van der Waals surface area contributed by atoms with E-state index in [0.29, 0.717) is 30.9 Å². The average Bonchev–Trinajstić information content (AvgIpc) is 3.07. The molecule has 2 aliphatic rings. The van der Waals surface area contributed by atoms with Gasteiger partial charge in [0.1, 0.15) is 5.82 Å². The summed E-state index contributed by atoms with van der Waals surface area (Å²) in [6, 6.07) is 6.25. The van der Waals surface area contributed by atoms with Crippen LogP contribution in [0, 0.1) is 17.7 Å². The molecule has 0 saturated carbocycles. The molecule has 1 N–H and O–H groups in total. The lowest BCUT2D eigenvalue weighted by Crippen LogP contribution is -2.45. The number of carboxylic acid groups (broad SMARTS) is 1. The van der Waals surface area contributed by atoms with Gasteiger partial charge in [-0.2, -0.15) is 5.10 Å². The maximum Gasteiger partial charge on any atom is 0.306 e. The monoisotopic (exact) mass is 385 g/mol. The summed E-state index contributed by atoms with van der Waals surface area (Å²) in [6.45, 7) is 2.71. The van der Waals surface area contributed by atoms with Gasteiger partial charge in [-0.15, -0.1) is 0 Å². The number of hydrogen-bond donors (Lipinski definition) is 1. The van der Waals surface area contributed by atoms with Gasteiger partial charge in [0.2, 0.25) is 0 Å². The third-order valence-corrected chi connectivity index (χ3v) is 5.95. The molecule has 0 bridgehead atoms. The summed E-state index contributed by atoms with van der Waals surface area (Å²) in [5.41, 5.74) is 2.98. The smallest absolute Gasteiger partial charge is 0.306 e. The van der Waals surface area contributed by atoms with E-state index in [0.717, 1.165) is 36.9 Å². The van der Waals surface area contributed by atoms with Crippen LogP contribution in [0.15, 0.2) is 24.3 Å². The Labute approximate surface area is 163 Å². The number of amides is 1. The van der Waals surface area contributed by atoms with Crippen LogP contribution in [0.3, 0.4) is 0 Å². The first-order valence-electron chi connectivity index (χ1n) is 9.84. The Kier molecular flexibility index (Phi) is 4.91. The number of carboxylic acids is 1. The third kappa shape index (κ3) is 3.30. The fraction of sp³-hybridized carbons (Fsp3) is 0.476. The molecule has 1 saturated heterocycles. The van der Waals surface area contributed by atoms with Crippen molar-refractivity contribution in [2.24, 2.45) is 11.8 Å². The topological polar surface area (TPSA) is 75.4 Å². The van der Waals surface area contributed by atoms with Crippen LogP contribution in [0.1, 0.15) is 47.9 Å². The first-order chi connectivity index (χ1) is 13.5. The van der Waals surface area contributed by atoms with Gasteiger partial charge >= 0.3 is 5.97 Å². The summed E-state index contributed by atoms with van der Waals surface area (Å²) in [7, 11) is 0. The summed E-state index contributed by atoms with van der Waals surface area (Å²) < 4.78 is 15.4. The SMILES string of the molecule is CC1CN(C(=O)c2nn(-c3cccc(F)c3)c3c2CCCC3)CCC1C(=O)O. The van der Waals surface area contributed by atoms with Gasteiger partial charge in [0, 0.05) is 24.3 Å². The van der Waals surface area contributed by atoms with Crippen LogP contribution < -0.4 is 0 Å². The molecular formula is C21H24FN3O3. The first-order valence-corrected chi connectivity index (χ1v) is 9.84. The Balaban J connectivity index is 1.67. The number of carbonyl (C=O) groups excluding carboxylic acids is 1. The predicted molar refractivity (Wildman–Crippen MR) is 101 cm³/mol. The second-order valence-corrected chi connectivity index (χ2v) is 7.83. The fourth-order valence-electron chi connectivity index (χ4n) is 4.44. The quantitative estimate of drug-likeness (QED) is 0.881. The molecule has 1 aliphatic carbocycles. The molecule has 28 heavy (non-hydrogen) atoms. The second-order valence-electron chi connectivity index (χ2n) is 7.83. The van der Waals surface area contributed by atoms with Crippen LogP contribution in [0.5, 0.6) is 0 Å². The summed E-state index contributed by atoms with van der Waals surface area (Å²) in [4.78, 5) is 26.3. The zero-order valence-corrected chi connectivity index (χ0v) is 15.9. The van der Waals surface area contributed by atoms with Gasteiger partial charge in [-0.3, -0.25) is 9.59 Å². The van der Waals surface area contributed by atoms with Crippen molar-refractivity contribution in [3.8, 4) is 5.69 Å². The number of piperidine rings is 1. The van der Waals surface area contributed by atoms with E-state index in [2.05, 4.69) is 5.10 Å². The molecule has 1 amide bonds. The molecule has 2 unspecified atom stereocenters. The van der Waals surface area contributed by atoms with Crippen LogP contribution in [-0.4, -0.2) is 44.8 Å². The summed E-state index contributed by atoms with van der Waals surface area (Å²) in [6.07, 6.45) is 4.06. The summed E-state index contributed by atoms with van der Waals surface area (Å²) >= 11 is 0. The highest BCUT2D eigenvalue weighted by Gasteiger charge is 2.35. The van der Waals surface area contributed by atoms with Crippen molar-refractivity contribution < 1.29 is 19.1 Å². The Morgan fingerprint density at radius 2 is 2.04 bits per heavy atom. The third-order valence-electron chi connectivity index (χ3n) is 5.95. The molecule has 1 fully saturated rings. The standard InChI is InChI=1S/C21H24FN3O3/c1-13-12-24(10-9-16(13)21(27)28)20(26)19-17-7-2-3-8-18(17)25(23-19)15-6-4-5-14(22)11-15/h4-6,11,13,16H,2-3,7-10,12H2,1H3,(H,27,28). The highest BCUT2D eigenvalue weighted by atomic mass is 19.1. The highest BCUT2D eigenvalue weighted by molar-refractivity contribution is 5.94. The van der Waals surface area contributed by atoms with Crippen molar-refractivity contribution in [1.82, 2.24) is 14.7 Å². The zero-order valence-electron chi connectivity index (χ0n) is 15.9. The number of likely N-dealkylation sites (tertiary alicyclic amines) is 1. The lowest BCUT2D eigenvalue weighted by molar-refractivity contribution is -0.145. The molecule has 2 heterocycles.